The topological polar surface area (TPSA) is 55.4 Å². The van der Waals surface area contributed by atoms with E-state index in [1.807, 2.05) is 20.8 Å². The second-order valence-corrected chi connectivity index (χ2v) is 8.06. The zero-order valence-corrected chi connectivity index (χ0v) is 16.9. The summed E-state index contributed by atoms with van der Waals surface area (Å²) in [5, 5.41) is 3.37. The average molecular weight is 445 g/mol. The molecule has 0 radical (unpaired) electrons. The molecular weight excluding hydrogens is 429 g/mol. The Kier molecular flexibility index (Phi) is 6.14. The molecule has 0 fully saturated rings. The van der Waals surface area contributed by atoms with Crippen LogP contribution in [0.3, 0.4) is 0 Å². The van der Waals surface area contributed by atoms with E-state index in [-0.39, 0.29) is 16.6 Å². The maximum Gasteiger partial charge on any atom is 0.413 e. The van der Waals surface area contributed by atoms with Crippen molar-refractivity contribution in [2.24, 2.45) is 0 Å². The molecule has 0 spiro atoms. The van der Waals surface area contributed by atoms with E-state index >= 15 is 0 Å². The molecule has 7 heteroatoms. The monoisotopic (exact) mass is 443 g/mol. The molecule has 0 bridgehead atoms. The molecule has 1 N–H and O–H groups in total. The van der Waals surface area contributed by atoms with Gasteiger partial charge in [0.2, 0.25) is 0 Å². The molecule has 2 aromatic carbocycles. The van der Waals surface area contributed by atoms with E-state index in [4.69, 9.17) is 27.9 Å². The lowest BCUT2D eigenvalue weighted by Crippen LogP contribution is -2.42. The lowest BCUT2D eigenvalue weighted by Gasteiger charge is -2.20. The van der Waals surface area contributed by atoms with Gasteiger partial charge in [0.05, 0.1) is 5.02 Å². The summed E-state index contributed by atoms with van der Waals surface area (Å²) in [4.78, 5) is 24.5. The Bertz CT molecular complexity index is 814. The normalized spacial score (nSPS) is 11.1. The molecule has 0 saturated heterocycles. The Hall–Kier alpha value is -1.56. The maximum atomic E-state index is 12.6. The zero-order chi connectivity index (χ0) is 18.8. The van der Waals surface area contributed by atoms with Gasteiger partial charge < -0.3 is 10.1 Å². The van der Waals surface area contributed by atoms with Crippen LogP contribution in [0.4, 0.5) is 4.79 Å². The summed E-state index contributed by atoms with van der Waals surface area (Å²) in [5.74, 6) is -0.0703. The van der Waals surface area contributed by atoms with Gasteiger partial charge in [0.25, 0.3) is 0 Å². The fourth-order valence-corrected chi connectivity index (χ4v) is 2.80. The molecular formula is C18H16BrCl2NO3. The molecule has 25 heavy (non-hydrogen) atoms. The number of amides is 1. The Morgan fingerprint density at radius 1 is 1.08 bits per heavy atom. The molecule has 0 aromatic heterocycles. The number of carbonyl (C=O) groups is 2. The minimum Gasteiger partial charge on any atom is -0.409 e. The smallest absolute Gasteiger partial charge is 0.409 e. The Labute approximate surface area is 164 Å². The van der Waals surface area contributed by atoms with Crippen LogP contribution in [0, 0.1) is 0 Å². The molecule has 0 aliphatic carbocycles. The zero-order valence-electron chi connectivity index (χ0n) is 13.8. The van der Waals surface area contributed by atoms with Gasteiger partial charge in [0.1, 0.15) is 0 Å². The summed E-state index contributed by atoms with van der Waals surface area (Å²) in [6.07, 6.45) is -0.627. The van der Waals surface area contributed by atoms with E-state index in [2.05, 4.69) is 21.2 Å². The lowest BCUT2D eigenvalue weighted by molar-refractivity contribution is 0.103. The van der Waals surface area contributed by atoms with Crippen molar-refractivity contribution in [1.29, 1.82) is 0 Å². The van der Waals surface area contributed by atoms with E-state index in [1.165, 1.54) is 12.1 Å². The van der Waals surface area contributed by atoms with Gasteiger partial charge in [-0.15, -0.1) is 0 Å². The average Bonchev–Trinajstić information content (AvgIpc) is 2.49. The van der Waals surface area contributed by atoms with Crippen LogP contribution in [0.1, 0.15) is 36.7 Å². The second-order valence-electron chi connectivity index (χ2n) is 6.36. The fourth-order valence-electron chi connectivity index (χ4n) is 1.97. The third-order valence-corrected chi connectivity index (χ3v) is 4.26. The molecule has 0 saturated carbocycles. The van der Waals surface area contributed by atoms with Gasteiger partial charge in [0, 0.05) is 26.2 Å². The standard InChI is InChI=1S/C18H16BrCl2NO3/c1-18(2,3)22-17(24)25-15-9-13(19)12(8-14(15)21)16(23)10-4-6-11(20)7-5-10/h4-9H,1-3H3,(H,22,24). The predicted octanol–water partition coefficient (Wildman–Crippen LogP) is 5.87. The van der Waals surface area contributed by atoms with Crippen LogP contribution in [0.2, 0.25) is 10.0 Å². The van der Waals surface area contributed by atoms with Crippen LogP contribution < -0.4 is 10.1 Å². The van der Waals surface area contributed by atoms with Gasteiger partial charge in [-0.2, -0.15) is 0 Å². The van der Waals surface area contributed by atoms with E-state index in [0.717, 1.165) is 0 Å². The van der Waals surface area contributed by atoms with Crippen LogP contribution in [0.25, 0.3) is 0 Å². The van der Waals surface area contributed by atoms with Gasteiger partial charge in [-0.1, -0.05) is 23.2 Å². The van der Waals surface area contributed by atoms with Crippen molar-refractivity contribution >= 4 is 51.0 Å². The molecule has 0 atom stereocenters. The maximum absolute atomic E-state index is 12.6. The van der Waals surface area contributed by atoms with Crippen molar-refractivity contribution < 1.29 is 14.3 Å². The first-order valence-electron chi connectivity index (χ1n) is 7.36. The SMILES string of the molecule is CC(C)(C)NC(=O)Oc1cc(Br)c(C(=O)c2ccc(Cl)cc2)cc1Cl. The van der Waals surface area contributed by atoms with Crippen molar-refractivity contribution in [3.63, 3.8) is 0 Å². The Morgan fingerprint density at radius 3 is 2.24 bits per heavy atom. The minimum atomic E-state index is -0.627. The van der Waals surface area contributed by atoms with Crippen molar-refractivity contribution in [3.05, 3.63) is 62.0 Å². The molecule has 2 aromatic rings. The predicted molar refractivity (Wildman–Crippen MR) is 103 cm³/mol. The van der Waals surface area contributed by atoms with Crippen LogP contribution >= 0.6 is 39.1 Å². The first kappa shape index (κ1) is 19.8. The lowest BCUT2D eigenvalue weighted by atomic mass is 10.0. The number of benzene rings is 2. The summed E-state index contributed by atoms with van der Waals surface area (Å²) >= 11 is 15.3. The third-order valence-electron chi connectivity index (χ3n) is 3.05. The van der Waals surface area contributed by atoms with Crippen LogP contribution in [0.5, 0.6) is 5.75 Å². The Morgan fingerprint density at radius 2 is 1.68 bits per heavy atom. The molecule has 0 aliphatic heterocycles. The number of ether oxygens (including phenoxy) is 1. The van der Waals surface area contributed by atoms with Gasteiger partial charge in [-0.05, 0) is 73.1 Å². The first-order valence-corrected chi connectivity index (χ1v) is 8.91. The molecule has 132 valence electrons. The Balaban J connectivity index is 2.26. The third kappa shape index (κ3) is 5.46. The van der Waals surface area contributed by atoms with Crippen molar-refractivity contribution in [1.82, 2.24) is 5.32 Å². The highest BCUT2D eigenvalue weighted by molar-refractivity contribution is 9.10. The number of hydrogen-bond acceptors (Lipinski definition) is 3. The molecule has 1 amide bonds. The summed E-state index contributed by atoms with van der Waals surface area (Å²) in [6.45, 7) is 5.50. The van der Waals surface area contributed by atoms with Gasteiger partial charge in [-0.25, -0.2) is 4.79 Å². The molecule has 4 nitrogen and oxygen atoms in total. The summed E-state index contributed by atoms with van der Waals surface area (Å²) in [6, 6.07) is 9.49. The highest BCUT2D eigenvalue weighted by Gasteiger charge is 2.20. The van der Waals surface area contributed by atoms with Gasteiger partial charge in [-0.3, -0.25) is 4.79 Å². The van der Waals surface area contributed by atoms with E-state index in [1.54, 1.807) is 24.3 Å². The number of halogens is 3. The number of rotatable bonds is 3. The first-order chi connectivity index (χ1) is 11.6. The summed E-state index contributed by atoms with van der Waals surface area (Å²) < 4.78 is 5.69. The largest absolute Gasteiger partial charge is 0.413 e. The van der Waals surface area contributed by atoms with E-state index < -0.39 is 11.6 Å². The number of nitrogens with one attached hydrogen (secondary N) is 1. The van der Waals surface area contributed by atoms with E-state index in [9.17, 15) is 9.59 Å². The molecule has 0 heterocycles. The summed E-state index contributed by atoms with van der Waals surface area (Å²) in [7, 11) is 0. The van der Waals surface area contributed by atoms with Crippen LogP contribution in [0.15, 0.2) is 40.9 Å². The quantitative estimate of drug-likeness (QED) is 0.602. The number of hydrogen-bond donors (Lipinski definition) is 1. The fraction of sp³-hybridized carbons (Fsp3) is 0.222. The number of carbonyl (C=O) groups excluding carboxylic acids is 2. The van der Waals surface area contributed by atoms with Crippen molar-refractivity contribution in [3.8, 4) is 5.75 Å². The minimum absolute atomic E-state index is 0.156. The highest BCUT2D eigenvalue weighted by atomic mass is 79.9. The van der Waals surface area contributed by atoms with E-state index in [0.29, 0.717) is 20.6 Å². The van der Waals surface area contributed by atoms with Gasteiger partial charge in [0.15, 0.2) is 11.5 Å². The molecule has 2 rings (SSSR count). The van der Waals surface area contributed by atoms with Crippen LogP contribution in [-0.2, 0) is 0 Å². The van der Waals surface area contributed by atoms with Crippen LogP contribution in [-0.4, -0.2) is 17.4 Å². The van der Waals surface area contributed by atoms with Crippen molar-refractivity contribution in [2.45, 2.75) is 26.3 Å². The molecule has 0 aliphatic rings. The summed E-state index contributed by atoms with van der Waals surface area (Å²) in [5.41, 5.74) is 0.391. The molecule has 0 unspecified atom stereocenters. The van der Waals surface area contributed by atoms with Crippen molar-refractivity contribution in [2.75, 3.05) is 0 Å². The number of ketones is 1. The highest BCUT2D eigenvalue weighted by Crippen LogP contribution is 2.33. The second kappa shape index (κ2) is 7.77. The van der Waals surface area contributed by atoms with Gasteiger partial charge >= 0.3 is 6.09 Å².